The van der Waals surface area contributed by atoms with Gasteiger partial charge in [-0.3, -0.25) is 32.5 Å². The molecule has 0 aromatic rings. The second kappa shape index (κ2) is 54.4. The van der Waals surface area contributed by atoms with Crippen molar-refractivity contribution < 1.29 is 75.8 Å². The number of aliphatic hydroxyl groups excluding tert-OH is 2. The molecule has 0 aliphatic rings. The van der Waals surface area contributed by atoms with Crippen molar-refractivity contribution in [1.29, 1.82) is 0 Å². The van der Waals surface area contributed by atoms with E-state index in [4.69, 9.17) is 32.3 Å². The van der Waals surface area contributed by atoms with E-state index in [0.29, 0.717) is 19.3 Å². The highest BCUT2D eigenvalue weighted by Crippen LogP contribution is 2.45. The molecule has 0 bridgehead atoms. The molecule has 0 rings (SSSR count). The minimum Gasteiger partial charge on any atom is -0.463 e. The number of phosphoric acid groups is 2. The summed E-state index contributed by atoms with van der Waals surface area (Å²) in [6.45, 7) is 2.61. The molecule has 18 heteroatoms. The van der Waals surface area contributed by atoms with Gasteiger partial charge in [0, 0.05) is 19.3 Å². The summed E-state index contributed by atoms with van der Waals surface area (Å²) in [5.41, 5.74) is 0. The van der Waals surface area contributed by atoms with Crippen molar-refractivity contribution in [3.63, 3.8) is 0 Å². The summed E-state index contributed by atoms with van der Waals surface area (Å²) in [4.78, 5) is 58.0. The standard InChI is InChI=1S/C59H110O16P2/c1-4-7-10-13-16-19-22-24-26-28-31-33-36-39-42-45-57(62)69-48-54(60)49-71-76(65,66)72-50-55(61)51-73-77(67,68)74-53-56(75-59(64)47-44-41-38-35-30-21-18-15-12-9-6-3)52-70-58(63)46-43-40-37-34-32-29-27-25-23-20-17-14-11-8-5-2/h16,19,24-27,54-56,60-61H,4-15,17-18,20-23,28-53H2,1-3H3,(H,65,66)(H,67,68)/b19-16-,26-24-,27-25-. The Balaban J connectivity index is 4.66. The molecule has 0 radical (unpaired) electrons. The average molecular weight is 1140 g/mol. The summed E-state index contributed by atoms with van der Waals surface area (Å²) in [6.07, 6.45) is 47.9. The number of esters is 3. The van der Waals surface area contributed by atoms with Gasteiger partial charge in [-0.1, -0.05) is 205 Å². The summed E-state index contributed by atoms with van der Waals surface area (Å²) in [5, 5.41) is 20.4. The van der Waals surface area contributed by atoms with Gasteiger partial charge in [0.25, 0.3) is 0 Å². The zero-order valence-corrected chi connectivity index (χ0v) is 50.2. The Morgan fingerprint density at radius 1 is 0.364 bits per heavy atom. The number of allylic oxidation sites excluding steroid dienone is 6. The maximum absolute atomic E-state index is 12.8. The smallest absolute Gasteiger partial charge is 0.463 e. The van der Waals surface area contributed by atoms with Crippen molar-refractivity contribution in [3.05, 3.63) is 36.5 Å². The van der Waals surface area contributed by atoms with Crippen molar-refractivity contribution in [2.75, 3.05) is 39.6 Å². The third-order valence-corrected chi connectivity index (χ3v) is 14.7. The fourth-order valence-corrected chi connectivity index (χ4v) is 9.71. The van der Waals surface area contributed by atoms with Gasteiger partial charge in [0.05, 0.1) is 26.4 Å². The first-order chi connectivity index (χ1) is 37.2. The molecule has 4 N–H and O–H groups in total. The largest absolute Gasteiger partial charge is 0.472 e. The Hall–Kier alpha value is -2.23. The van der Waals surface area contributed by atoms with E-state index in [9.17, 15) is 43.5 Å². The van der Waals surface area contributed by atoms with Gasteiger partial charge in [0.1, 0.15) is 25.4 Å². The number of phosphoric ester groups is 2. The predicted octanol–water partition coefficient (Wildman–Crippen LogP) is 15.5. The number of carbonyl (C=O) groups excluding carboxylic acids is 3. The molecule has 0 fully saturated rings. The predicted molar refractivity (Wildman–Crippen MR) is 307 cm³/mol. The fraction of sp³-hybridized carbons (Fsp3) is 0.847. The van der Waals surface area contributed by atoms with E-state index in [0.717, 1.165) is 109 Å². The van der Waals surface area contributed by atoms with Crippen LogP contribution in [-0.4, -0.2) is 95.9 Å². The van der Waals surface area contributed by atoms with E-state index < -0.39 is 91.5 Å². The molecule has 0 saturated carbocycles. The van der Waals surface area contributed by atoms with Crippen LogP contribution in [0.5, 0.6) is 0 Å². The fourth-order valence-electron chi connectivity index (χ4n) is 8.12. The van der Waals surface area contributed by atoms with E-state index in [1.165, 1.54) is 96.3 Å². The van der Waals surface area contributed by atoms with Crippen LogP contribution in [-0.2, 0) is 55.8 Å². The number of hydrogen-bond acceptors (Lipinski definition) is 14. The van der Waals surface area contributed by atoms with Crippen molar-refractivity contribution in [2.24, 2.45) is 0 Å². The first kappa shape index (κ1) is 74.8. The van der Waals surface area contributed by atoms with Crippen molar-refractivity contribution in [3.8, 4) is 0 Å². The van der Waals surface area contributed by atoms with Crippen molar-refractivity contribution in [1.82, 2.24) is 0 Å². The highest BCUT2D eigenvalue weighted by atomic mass is 31.2. The number of ether oxygens (including phenoxy) is 3. The molecule has 0 aromatic heterocycles. The van der Waals surface area contributed by atoms with Gasteiger partial charge in [-0.25, -0.2) is 9.13 Å². The summed E-state index contributed by atoms with van der Waals surface area (Å²) in [6, 6.07) is 0. The maximum atomic E-state index is 12.8. The van der Waals surface area contributed by atoms with Gasteiger partial charge in [0.2, 0.25) is 0 Å². The Kier molecular flexibility index (Phi) is 52.8. The first-order valence-corrected chi connectivity index (χ1v) is 33.3. The lowest BCUT2D eigenvalue weighted by Gasteiger charge is -2.21. The SMILES string of the molecule is CCCCC/C=C\C/C=C\CCCCCCCC(=O)OCC(O)COP(=O)(O)OCC(O)COP(=O)(O)OCC(COC(=O)CCCCCCC/C=C\CCCCCCCC)OC(=O)CCCCCCCCCCCCC. The van der Waals surface area contributed by atoms with Crippen LogP contribution in [0.15, 0.2) is 36.5 Å². The molecule has 77 heavy (non-hydrogen) atoms. The minimum atomic E-state index is -4.91. The van der Waals surface area contributed by atoms with Gasteiger partial charge < -0.3 is 34.2 Å². The molecule has 0 amide bonds. The summed E-state index contributed by atoms with van der Waals surface area (Å²) in [5.74, 6) is -1.58. The Morgan fingerprint density at radius 2 is 0.649 bits per heavy atom. The molecular weight excluding hydrogens is 1030 g/mol. The van der Waals surface area contributed by atoms with E-state index in [1.54, 1.807) is 0 Å². The van der Waals surface area contributed by atoms with E-state index in [-0.39, 0.29) is 19.3 Å². The van der Waals surface area contributed by atoms with Gasteiger partial charge in [-0.2, -0.15) is 0 Å². The monoisotopic (exact) mass is 1140 g/mol. The topological polar surface area (TPSA) is 231 Å². The van der Waals surface area contributed by atoms with Crippen LogP contribution in [0, 0.1) is 0 Å². The van der Waals surface area contributed by atoms with E-state index in [1.807, 2.05) is 0 Å². The summed E-state index contributed by atoms with van der Waals surface area (Å²) < 4.78 is 60.6. The second-order valence-electron chi connectivity index (χ2n) is 20.5. The summed E-state index contributed by atoms with van der Waals surface area (Å²) >= 11 is 0. The van der Waals surface area contributed by atoms with Crippen LogP contribution in [0.3, 0.4) is 0 Å². The second-order valence-corrected chi connectivity index (χ2v) is 23.4. The van der Waals surface area contributed by atoms with Crippen LogP contribution < -0.4 is 0 Å². The average Bonchev–Trinajstić information content (AvgIpc) is 3.40. The lowest BCUT2D eigenvalue weighted by atomic mass is 10.1. The van der Waals surface area contributed by atoms with E-state index >= 15 is 0 Å². The number of rotatable bonds is 58. The molecule has 16 nitrogen and oxygen atoms in total. The molecule has 0 aromatic carbocycles. The Morgan fingerprint density at radius 3 is 1.05 bits per heavy atom. The first-order valence-electron chi connectivity index (χ1n) is 30.3. The highest BCUT2D eigenvalue weighted by molar-refractivity contribution is 7.47. The van der Waals surface area contributed by atoms with Gasteiger partial charge in [-0.15, -0.1) is 0 Å². The third kappa shape index (κ3) is 55.5. The van der Waals surface area contributed by atoms with Gasteiger partial charge >= 0.3 is 33.6 Å². The van der Waals surface area contributed by atoms with Crippen LogP contribution in [0.25, 0.3) is 0 Å². The lowest BCUT2D eigenvalue weighted by Crippen LogP contribution is -2.30. The number of carbonyl (C=O) groups is 3. The van der Waals surface area contributed by atoms with Crippen LogP contribution >= 0.6 is 15.6 Å². The van der Waals surface area contributed by atoms with Crippen LogP contribution in [0.2, 0.25) is 0 Å². The normalized spacial score (nSPS) is 14.7. The zero-order chi connectivity index (χ0) is 56.8. The lowest BCUT2D eigenvalue weighted by molar-refractivity contribution is -0.161. The molecule has 0 aliphatic carbocycles. The molecule has 0 saturated heterocycles. The quantitative estimate of drug-likeness (QED) is 0.0146. The minimum absolute atomic E-state index is 0.109. The molecule has 5 atom stereocenters. The molecule has 0 aliphatic heterocycles. The Labute approximate surface area is 466 Å². The highest BCUT2D eigenvalue weighted by Gasteiger charge is 2.29. The van der Waals surface area contributed by atoms with Crippen molar-refractivity contribution >= 4 is 33.6 Å². The van der Waals surface area contributed by atoms with E-state index in [2.05, 4.69) is 57.2 Å². The molecule has 0 spiro atoms. The number of hydrogen-bond donors (Lipinski definition) is 4. The molecular formula is C59H110O16P2. The Bertz CT molecular complexity index is 1570. The molecule has 0 heterocycles. The van der Waals surface area contributed by atoms with Gasteiger partial charge in [-0.05, 0) is 77.0 Å². The van der Waals surface area contributed by atoms with Crippen molar-refractivity contribution in [2.45, 2.75) is 283 Å². The molecule has 452 valence electrons. The van der Waals surface area contributed by atoms with Crippen LogP contribution in [0.4, 0.5) is 0 Å². The van der Waals surface area contributed by atoms with Crippen LogP contribution in [0.1, 0.15) is 265 Å². The maximum Gasteiger partial charge on any atom is 0.472 e. The third-order valence-electron chi connectivity index (χ3n) is 12.8. The number of unbranched alkanes of at least 4 members (excludes halogenated alkanes) is 29. The van der Waals surface area contributed by atoms with Gasteiger partial charge in [0.15, 0.2) is 6.10 Å². The zero-order valence-electron chi connectivity index (χ0n) is 48.4. The summed E-state index contributed by atoms with van der Waals surface area (Å²) in [7, 11) is -9.74. The molecule has 5 unspecified atom stereocenters. The number of aliphatic hydroxyl groups is 2.